The summed E-state index contributed by atoms with van der Waals surface area (Å²) >= 11 is 1.72. The van der Waals surface area contributed by atoms with Gasteiger partial charge in [0.1, 0.15) is 0 Å². The molecule has 0 bridgehead atoms. The lowest BCUT2D eigenvalue weighted by Crippen LogP contribution is -2.26. The molecule has 0 radical (unpaired) electrons. The molecule has 0 aliphatic carbocycles. The van der Waals surface area contributed by atoms with Crippen molar-refractivity contribution in [3.05, 3.63) is 51.2 Å². The van der Waals surface area contributed by atoms with Crippen molar-refractivity contribution in [3.63, 3.8) is 0 Å². The van der Waals surface area contributed by atoms with E-state index < -0.39 is 0 Å². The number of aryl methyl sites for hydroxylation is 2. The fraction of sp³-hybridized carbons (Fsp3) is 0.353. The second kappa shape index (κ2) is 6.76. The van der Waals surface area contributed by atoms with Gasteiger partial charge in [-0.2, -0.15) is 0 Å². The lowest BCUT2D eigenvalue weighted by molar-refractivity contribution is 0.0940. The topological polar surface area (TPSA) is 41.1 Å². The summed E-state index contributed by atoms with van der Waals surface area (Å²) in [7, 11) is 0. The number of hydrogen-bond acceptors (Lipinski definition) is 3. The molecule has 1 atom stereocenters. The molecule has 0 aliphatic rings. The quantitative estimate of drug-likeness (QED) is 0.865. The number of benzene rings is 1. The minimum atomic E-state index is -0.0194. The minimum absolute atomic E-state index is 0.0194. The molecule has 1 aromatic heterocycles. The van der Waals surface area contributed by atoms with E-state index >= 15 is 0 Å². The number of anilines is 1. The number of carbonyl (C=O) groups is 1. The van der Waals surface area contributed by atoms with Crippen molar-refractivity contribution in [1.29, 1.82) is 0 Å². The second-order valence-electron chi connectivity index (χ2n) is 5.20. The number of hydrogen-bond donors (Lipinski definition) is 2. The molecule has 2 rings (SSSR count). The maximum atomic E-state index is 12.4. The lowest BCUT2D eigenvalue weighted by atomic mass is 10.1. The minimum Gasteiger partial charge on any atom is -0.385 e. The van der Waals surface area contributed by atoms with Gasteiger partial charge in [-0.25, -0.2) is 0 Å². The summed E-state index contributed by atoms with van der Waals surface area (Å²) < 4.78 is 0. The van der Waals surface area contributed by atoms with E-state index in [0.29, 0.717) is 0 Å². The van der Waals surface area contributed by atoms with Gasteiger partial charge < -0.3 is 10.6 Å². The highest BCUT2D eigenvalue weighted by Crippen LogP contribution is 2.23. The Balaban J connectivity index is 2.09. The number of thiophene rings is 1. The van der Waals surface area contributed by atoms with Gasteiger partial charge in [-0.15, -0.1) is 11.3 Å². The predicted octanol–water partition coefficient (Wildman–Crippen LogP) is 4.29. The third kappa shape index (κ3) is 3.85. The van der Waals surface area contributed by atoms with Crippen LogP contribution in [-0.4, -0.2) is 12.5 Å². The van der Waals surface area contributed by atoms with Crippen molar-refractivity contribution in [2.75, 3.05) is 11.9 Å². The van der Waals surface area contributed by atoms with Gasteiger partial charge in [0, 0.05) is 27.5 Å². The van der Waals surface area contributed by atoms with Crippen LogP contribution in [0.3, 0.4) is 0 Å². The van der Waals surface area contributed by atoms with Crippen LogP contribution in [0.25, 0.3) is 0 Å². The van der Waals surface area contributed by atoms with Gasteiger partial charge in [0.25, 0.3) is 5.91 Å². The van der Waals surface area contributed by atoms with Crippen molar-refractivity contribution in [3.8, 4) is 0 Å². The van der Waals surface area contributed by atoms with Crippen LogP contribution >= 0.6 is 11.3 Å². The van der Waals surface area contributed by atoms with E-state index in [0.717, 1.165) is 23.4 Å². The van der Waals surface area contributed by atoms with Gasteiger partial charge in [0.2, 0.25) is 0 Å². The Morgan fingerprint density at radius 3 is 2.57 bits per heavy atom. The molecule has 0 spiro atoms. The molecule has 0 saturated heterocycles. The van der Waals surface area contributed by atoms with Gasteiger partial charge in [0.05, 0.1) is 6.04 Å². The van der Waals surface area contributed by atoms with Gasteiger partial charge >= 0.3 is 0 Å². The zero-order valence-corrected chi connectivity index (χ0v) is 13.8. The van der Waals surface area contributed by atoms with Crippen LogP contribution in [-0.2, 0) is 0 Å². The molecule has 1 amide bonds. The SMILES string of the molecule is CCNc1ccc(C(=O)NC(C)c2ccc(C)s2)c(C)c1. The Labute approximate surface area is 130 Å². The molecule has 4 heteroatoms. The Bertz CT molecular complexity index is 633. The monoisotopic (exact) mass is 302 g/mol. The van der Waals surface area contributed by atoms with Crippen LogP contribution in [0.1, 0.15) is 45.6 Å². The Kier molecular flexibility index (Phi) is 5.02. The third-order valence-electron chi connectivity index (χ3n) is 3.39. The van der Waals surface area contributed by atoms with Gasteiger partial charge in [-0.05, 0) is 63.6 Å². The summed E-state index contributed by atoms with van der Waals surface area (Å²) in [6.45, 7) is 8.99. The normalized spacial score (nSPS) is 12.0. The van der Waals surface area contributed by atoms with Crippen LogP contribution in [0, 0.1) is 13.8 Å². The molecule has 0 fully saturated rings. The lowest BCUT2D eigenvalue weighted by Gasteiger charge is -2.14. The molecular weight excluding hydrogens is 280 g/mol. The van der Waals surface area contributed by atoms with Crippen molar-refractivity contribution in [2.24, 2.45) is 0 Å². The van der Waals surface area contributed by atoms with Crippen LogP contribution < -0.4 is 10.6 Å². The van der Waals surface area contributed by atoms with E-state index in [-0.39, 0.29) is 11.9 Å². The Hall–Kier alpha value is -1.81. The highest BCUT2D eigenvalue weighted by Gasteiger charge is 2.14. The average molecular weight is 302 g/mol. The van der Waals surface area contributed by atoms with E-state index in [4.69, 9.17) is 0 Å². The van der Waals surface area contributed by atoms with Gasteiger partial charge in [-0.1, -0.05) is 0 Å². The fourth-order valence-corrected chi connectivity index (χ4v) is 3.14. The number of rotatable bonds is 5. The van der Waals surface area contributed by atoms with Crippen LogP contribution in [0.15, 0.2) is 30.3 Å². The molecule has 1 heterocycles. The first-order chi connectivity index (χ1) is 10.0. The first kappa shape index (κ1) is 15.6. The van der Waals surface area contributed by atoms with Crippen molar-refractivity contribution >= 4 is 22.9 Å². The standard InChI is InChI=1S/C17H22N2OS/c1-5-18-14-7-8-15(11(2)10-14)17(20)19-13(4)16-9-6-12(3)21-16/h6-10,13,18H,5H2,1-4H3,(H,19,20). The zero-order valence-electron chi connectivity index (χ0n) is 13.0. The second-order valence-corrected chi connectivity index (χ2v) is 6.52. The summed E-state index contributed by atoms with van der Waals surface area (Å²) in [6.07, 6.45) is 0. The Morgan fingerprint density at radius 2 is 2.00 bits per heavy atom. The molecule has 0 aliphatic heterocycles. The van der Waals surface area contributed by atoms with E-state index in [1.807, 2.05) is 32.0 Å². The van der Waals surface area contributed by atoms with Crippen LogP contribution in [0.2, 0.25) is 0 Å². The predicted molar refractivity (Wildman–Crippen MR) is 90.3 cm³/mol. The molecule has 2 aromatic rings. The molecule has 1 unspecified atom stereocenters. The number of carbonyl (C=O) groups excluding carboxylic acids is 1. The summed E-state index contributed by atoms with van der Waals surface area (Å²) in [5.41, 5.74) is 2.77. The number of amides is 1. The maximum absolute atomic E-state index is 12.4. The van der Waals surface area contributed by atoms with Crippen molar-refractivity contribution < 1.29 is 4.79 Å². The summed E-state index contributed by atoms with van der Waals surface area (Å²) in [6, 6.07) is 10.0. The number of nitrogens with one attached hydrogen (secondary N) is 2. The molecule has 112 valence electrons. The van der Waals surface area contributed by atoms with E-state index in [9.17, 15) is 4.79 Å². The molecule has 0 saturated carbocycles. The van der Waals surface area contributed by atoms with Gasteiger partial charge in [-0.3, -0.25) is 4.79 Å². The molecule has 21 heavy (non-hydrogen) atoms. The highest BCUT2D eigenvalue weighted by atomic mass is 32.1. The van der Waals surface area contributed by atoms with E-state index in [2.05, 4.69) is 36.6 Å². The van der Waals surface area contributed by atoms with Crippen molar-refractivity contribution in [1.82, 2.24) is 5.32 Å². The average Bonchev–Trinajstić information content (AvgIpc) is 2.86. The van der Waals surface area contributed by atoms with Crippen LogP contribution in [0.5, 0.6) is 0 Å². The fourth-order valence-electron chi connectivity index (χ4n) is 2.26. The summed E-state index contributed by atoms with van der Waals surface area (Å²) in [5.74, 6) is -0.0194. The van der Waals surface area contributed by atoms with E-state index in [1.165, 1.54) is 9.75 Å². The Morgan fingerprint density at radius 1 is 1.24 bits per heavy atom. The largest absolute Gasteiger partial charge is 0.385 e. The summed E-state index contributed by atoms with van der Waals surface area (Å²) in [4.78, 5) is 14.8. The van der Waals surface area contributed by atoms with Gasteiger partial charge in [0.15, 0.2) is 0 Å². The first-order valence-electron chi connectivity index (χ1n) is 7.23. The molecule has 3 nitrogen and oxygen atoms in total. The molecule has 2 N–H and O–H groups in total. The van der Waals surface area contributed by atoms with E-state index in [1.54, 1.807) is 11.3 Å². The first-order valence-corrected chi connectivity index (χ1v) is 8.04. The zero-order chi connectivity index (χ0) is 15.4. The summed E-state index contributed by atoms with van der Waals surface area (Å²) in [5, 5.41) is 6.32. The molecule has 1 aromatic carbocycles. The maximum Gasteiger partial charge on any atom is 0.252 e. The highest BCUT2D eigenvalue weighted by molar-refractivity contribution is 7.12. The molecular formula is C17H22N2OS. The van der Waals surface area contributed by atoms with Crippen molar-refractivity contribution in [2.45, 2.75) is 33.7 Å². The van der Waals surface area contributed by atoms with Crippen LogP contribution in [0.4, 0.5) is 5.69 Å². The smallest absolute Gasteiger partial charge is 0.252 e. The third-order valence-corrected chi connectivity index (χ3v) is 4.57.